The van der Waals surface area contributed by atoms with Crippen LogP contribution in [0.15, 0.2) is 18.2 Å². The maximum absolute atomic E-state index is 13.3. The molecular weight excluding hydrogens is 376 g/mol. The Bertz CT molecular complexity index is 791. The Kier molecular flexibility index (Phi) is 6.12. The topological polar surface area (TPSA) is 60.9 Å². The first-order valence-corrected chi connectivity index (χ1v) is 11.0. The van der Waals surface area contributed by atoms with Crippen molar-refractivity contribution in [2.24, 2.45) is 0 Å². The highest BCUT2D eigenvalue weighted by Crippen LogP contribution is 2.21. The van der Waals surface area contributed by atoms with Gasteiger partial charge in [0.05, 0.1) is 12.3 Å². The fourth-order valence-electron chi connectivity index (χ4n) is 3.66. The molecule has 0 unspecified atom stereocenters. The minimum Gasteiger partial charge on any atom is -0.335 e. The van der Waals surface area contributed by atoms with E-state index in [0.717, 1.165) is 38.1 Å². The van der Waals surface area contributed by atoms with Gasteiger partial charge in [-0.3, -0.25) is 4.79 Å². The van der Waals surface area contributed by atoms with Gasteiger partial charge in [-0.15, -0.1) is 0 Å². The monoisotopic (exact) mass is 401 g/mol. The van der Waals surface area contributed by atoms with Crippen LogP contribution in [0, 0.1) is 11.6 Å². The van der Waals surface area contributed by atoms with E-state index in [-0.39, 0.29) is 24.7 Å². The summed E-state index contributed by atoms with van der Waals surface area (Å²) in [6, 6.07) is 2.74. The molecule has 9 heteroatoms. The summed E-state index contributed by atoms with van der Waals surface area (Å²) < 4.78 is 52.2. The molecule has 0 aromatic heterocycles. The lowest BCUT2D eigenvalue weighted by molar-refractivity contribution is 0.0437. The van der Waals surface area contributed by atoms with Crippen molar-refractivity contribution in [2.45, 2.75) is 25.3 Å². The Morgan fingerprint density at radius 2 is 1.81 bits per heavy atom. The van der Waals surface area contributed by atoms with Crippen LogP contribution in [-0.4, -0.2) is 80.0 Å². The lowest BCUT2D eigenvalue weighted by atomic mass is 10.1. The van der Waals surface area contributed by atoms with Crippen molar-refractivity contribution in [3.8, 4) is 0 Å². The van der Waals surface area contributed by atoms with Gasteiger partial charge in [-0.25, -0.2) is 17.2 Å². The Morgan fingerprint density at radius 1 is 1.15 bits per heavy atom. The second kappa shape index (κ2) is 8.20. The molecule has 2 aliphatic rings. The second-order valence-electron chi connectivity index (χ2n) is 7.27. The molecule has 27 heavy (non-hydrogen) atoms. The molecule has 2 heterocycles. The number of carbonyl (C=O) groups excluding carboxylic acids is 1. The van der Waals surface area contributed by atoms with E-state index in [1.807, 2.05) is 0 Å². The number of benzene rings is 1. The summed E-state index contributed by atoms with van der Waals surface area (Å²) in [4.78, 5) is 16.1. The van der Waals surface area contributed by atoms with Crippen LogP contribution in [0.3, 0.4) is 0 Å². The Morgan fingerprint density at radius 3 is 2.41 bits per heavy atom. The van der Waals surface area contributed by atoms with Crippen molar-refractivity contribution < 1.29 is 22.0 Å². The van der Waals surface area contributed by atoms with Crippen molar-refractivity contribution in [1.82, 2.24) is 14.1 Å². The third-order valence-electron chi connectivity index (χ3n) is 5.23. The highest BCUT2D eigenvalue weighted by Gasteiger charge is 2.39. The molecule has 1 amide bonds. The minimum atomic E-state index is -3.39. The predicted octanol–water partition coefficient (Wildman–Crippen LogP) is 1.54. The number of rotatable bonds is 6. The van der Waals surface area contributed by atoms with Crippen molar-refractivity contribution in [3.05, 3.63) is 35.4 Å². The van der Waals surface area contributed by atoms with Crippen LogP contribution in [-0.2, 0) is 10.0 Å². The number of piperidine rings is 1. The number of hydrogen-bond acceptors (Lipinski definition) is 4. The molecule has 0 saturated carbocycles. The average Bonchev–Trinajstić information content (AvgIpc) is 2.58. The standard InChI is InChI=1S/C18H25F2N3O3S/c1-27(25,26)23(10-9-21-7-3-2-4-8-21)15-12-22(13-15)18(24)14-5-6-16(19)17(20)11-14/h5-6,11,15H,2-4,7-10,12-13H2,1H3. The van der Waals surface area contributed by atoms with Gasteiger partial charge in [-0.2, -0.15) is 4.31 Å². The quantitative estimate of drug-likeness (QED) is 0.726. The van der Waals surface area contributed by atoms with Crippen LogP contribution in [0.5, 0.6) is 0 Å². The van der Waals surface area contributed by atoms with Crippen LogP contribution < -0.4 is 0 Å². The Labute approximate surface area is 158 Å². The van der Waals surface area contributed by atoms with Crippen molar-refractivity contribution in [1.29, 1.82) is 0 Å². The van der Waals surface area contributed by atoms with E-state index in [0.29, 0.717) is 13.1 Å². The largest absolute Gasteiger partial charge is 0.335 e. The molecule has 0 aliphatic carbocycles. The SMILES string of the molecule is CS(=O)(=O)N(CCN1CCCCC1)C1CN(C(=O)c2ccc(F)c(F)c2)C1. The summed E-state index contributed by atoms with van der Waals surface area (Å²) >= 11 is 0. The summed E-state index contributed by atoms with van der Waals surface area (Å²) in [5, 5.41) is 0. The van der Waals surface area contributed by atoms with Crippen LogP contribution in [0.25, 0.3) is 0 Å². The third kappa shape index (κ3) is 4.83. The number of halogens is 2. The molecule has 1 aromatic rings. The number of sulfonamides is 1. The summed E-state index contributed by atoms with van der Waals surface area (Å²) in [6.07, 6.45) is 4.68. The molecule has 0 radical (unpaired) electrons. The van der Waals surface area contributed by atoms with E-state index in [9.17, 15) is 22.0 Å². The summed E-state index contributed by atoms with van der Waals surface area (Å²) in [7, 11) is -3.39. The number of carbonyl (C=O) groups is 1. The van der Waals surface area contributed by atoms with E-state index in [4.69, 9.17) is 0 Å². The molecular formula is C18H25F2N3O3S. The van der Waals surface area contributed by atoms with Gasteiger partial charge in [0.15, 0.2) is 11.6 Å². The van der Waals surface area contributed by atoms with Gasteiger partial charge in [0, 0.05) is 31.7 Å². The van der Waals surface area contributed by atoms with Gasteiger partial charge < -0.3 is 9.80 Å². The predicted molar refractivity (Wildman–Crippen MR) is 97.9 cm³/mol. The van der Waals surface area contributed by atoms with Crippen LogP contribution >= 0.6 is 0 Å². The van der Waals surface area contributed by atoms with E-state index in [1.165, 1.54) is 27.9 Å². The highest BCUT2D eigenvalue weighted by atomic mass is 32.2. The number of hydrogen-bond donors (Lipinski definition) is 0. The maximum atomic E-state index is 13.3. The normalized spacial score (nSPS) is 19.3. The smallest absolute Gasteiger partial charge is 0.254 e. The van der Waals surface area contributed by atoms with Crippen LogP contribution in [0.4, 0.5) is 8.78 Å². The van der Waals surface area contributed by atoms with Crippen LogP contribution in [0.1, 0.15) is 29.6 Å². The van der Waals surface area contributed by atoms with E-state index >= 15 is 0 Å². The zero-order valence-corrected chi connectivity index (χ0v) is 16.2. The fraction of sp³-hybridized carbons (Fsp3) is 0.611. The summed E-state index contributed by atoms with van der Waals surface area (Å²) in [5.41, 5.74) is 0.0616. The highest BCUT2D eigenvalue weighted by molar-refractivity contribution is 7.88. The molecule has 1 aromatic carbocycles. The molecule has 2 saturated heterocycles. The number of amides is 1. The first kappa shape index (κ1) is 20.2. The number of likely N-dealkylation sites (tertiary alicyclic amines) is 2. The molecule has 0 N–H and O–H groups in total. The molecule has 0 spiro atoms. The molecule has 150 valence electrons. The van der Waals surface area contributed by atoms with Crippen molar-refractivity contribution in [2.75, 3.05) is 45.5 Å². The second-order valence-corrected chi connectivity index (χ2v) is 9.20. The fourth-order valence-corrected chi connectivity index (χ4v) is 4.75. The maximum Gasteiger partial charge on any atom is 0.254 e. The average molecular weight is 401 g/mol. The number of nitrogens with zero attached hydrogens (tertiary/aromatic N) is 3. The van der Waals surface area contributed by atoms with Crippen molar-refractivity contribution >= 4 is 15.9 Å². The lowest BCUT2D eigenvalue weighted by Gasteiger charge is -2.44. The van der Waals surface area contributed by atoms with Gasteiger partial charge in [-0.1, -0.05) is 6.42 Å². The van der Waals surface area contributed by atoms with E-state index in [2.05, 4.69) is 4.90 Å². The molecule has 0 atom stereocenters. The molecule has 2 fully saturated rings. The van der Waals surface area contributed by atoms with Gasteiger partial charge in [0.25, 0.3) is 5.91 Å². The molecule has 0 bridgehead atoms. The van der Waals surface area contributed by atoms with Gasteiger partial charge in [0.1, 0.15) is 0 Å². The zero-order chi connectivity index (χ0) is 19.6. The first-order chi connectivity index (χ1) is 12.8. The third-order valence-corrected chi connectivity index (χ3v) is 6.57. The molecule has 2 aliphatic heterocycles. The molecule has 3 rings (SSSR count). The summed E-state index contributed by atoms with van der Waals surface area (Å²) in [5.74, 6) is -2.50. The van der Waals surface area contributed by atoms with Gasteiger partial charge in [-0.05, 0) is 44.1 Å². The Hall–Kier alpha value is -1.58. The zero-order valence-electron chi connectivity index (χ0n) is 15.4. The lowest BCUT2D eigenvalue weighted by Crippen LogP contribution is -2.63. The summed E-state index contributed by atoms with van der Waals surface area (Å²) in [6.45, 7) is 3.57. The molecule has 6 nitrogen and oxygen atoms in total. The first-order valence-electron chi connectivity index (χ1n) is 9.19. The van der Waals surface area contributed by atoms with Crippen LogP contribution in [0.2, 0.25) is 0 Å². The van der Waals surface area contributed by atoms with E-state index in [1.54, 1.807) is 0 Å². The van der Waals surface area contributed by atoms with Gasteiger partial charge >= 0.3 is 0 Å². The van der Waals surface area contributed by atoms with Crippen molar-refractivity contribution in [3.63, 3.8) is 0 Å². The Balaban J connectivity index is 1.58. The minimum absolute atomic E-state index is 0.0616. The van der Waals surface area contributed by atoms with Gasteiger partial charge in [0.2, 0.25) is 10.0 Å². The van der Waals surface area contributed by atoms with E-state index < -0.39 is 27.6 Å².